The van der Waals surface area contributed by atoms with Crippen molar-refractivity contribution in [2.75, 3.05) is 13.2 Å². The number of carbonyl (C=O) groups is 3. The van der Waals surface area contributed by atoms with E-state index in [4.69, 9.17) is 10.8 Å². The Morgan fingerprint density at radius 2 is 2.06 bits per heavy atom. The highest BCUT2D eigenvalue weighted by Crippen LogP contribution is 2.00. The first-order valence-electron chi connectivity index (χ1n) is 5.60. The van der Waals surface area contributed by atoms with Crippen molar-refractivity contribution in [1.82, 2.24) is 10.6 Å². The number of amides is 3. The van der Waals surface area contributed by atoms with Crippen LogP contribution in [0.3, 0.4) is 0 Å². The first-order valence-corrected chi connectivity index (χ1v) is 5.60. The normalized spacial score (nSPS) is 11.4. The molecule has 0 aromatic rings. The number of primary amides is 1. The van der Waals surface area contributed by atoms with Gasteiger partial charge in [-0.1, -0.05) is 0 Å². The number of aliphatic carboxylic acids is 1. The Labute approximate surface area is 105 Å². The first-order chi connectivity index (χ1) is 8.41. The topological polar surface area (TPSA) is 131 Å². The fourth-order valence-corrected chi connectivity index (χ4v) is 1.22. The molecule has 0 saturated heterocycles. The van der Waals surface area contributed by atoms with Gasteiger partial charge >= 0.3 is 18.1 Å². The van der Waals surface area contributed by atoms with E-state index in [2.05, 4.69) is 15.4 Å². The van der Waals surface area contributed by atoms with Crippen LogP contribution in [0.5, 0.6) is 0 Å². The van der Waals surface area contributed by atoms with Crippen LogP contribution in [-0.4, -0.2) is 42.4 Å². The van der Waals surface area contributed by atoms with E-state index in [9.17, 15) is 14.4 Å². The smallest absolute Gasteiger partial charge is 0.404 e. The molecule has 3 amide bonds. The summed E-state index contributed by atoms with van der Waals surface area (Å²) in [5.74, 6) is -0.852. The molecule has 0 aromatic heterocycles. The molecule has 0 spiro atoms. The second-order valence-electron chi connectivity index (χ2n) is 3.75. The lowest BCUT2D eigenvalue weighted by Gasteiger charge is -2.14. The van der Waals surface area contributed by atoms with Crippen LogP contribution in [0.1, 0.15) is 26.2 Å². The highest BCUT2D eigenvalue weighted by molar-refractivity contribution is 5.74. The standard InChI is InChI=1S/C10H19N3O5/c1-7(3-2-4-8(14)15)13-10(17)12-5-6-18-9(11)16/h7H,2-6H2,1H3,(H2,11,16)(H,14,15)(H2,12,13,17). The monoisotopic (exact) mass is 261 g/mol. The van der Waals surface area contributed by atoms with Gasteiger partial charge in [-0.05, 0) is 19.8 Å². The van der Waals surface area contributed by atoms with Crippen molar-refractivity contribution in [2.24, 2.45) is 5.73 Å². The number of carboxylic acid groups (broad SMARTS) is 1. The van der Waals surface area contributed by atoms with E-state index >= 15 is 0 Å². The molecule has 8 nitrogen and oxygen atoms in total. The molecule has 0 rings (SSSR count). The molecule has 0 saturated carbocycles. The molecule has 0 aromatic carbocycles. The lowest BCUT2D eigenvalue weighted by molar-refractivity contribution is -0.137. The molecule has 0 heterocycles. The van der Waals surface area contributed by atoms with E-state index in [0.29, 0.717) is 12.8 Å². The lowest BCUT2D eigenvalue weighted by Crippen LogP contribution is -2.42. The van der Waals surface area contributed by atoms with Gasteiger partial charge in [-0.25, -0.2) is 9.59 Å². The van der Waals surface area contributed by atoms with Gasteiger partial charge in [-0.2, -0.15) is 0 Å². The summed E-state index contributed by atoms with van der Waals surface area (Å²) in [6, 6.07) is -0.521. The Kier molecular flexibility index (Phi) is 8.08. The lowest BCUT2D eigenvalue weighted by atomic mass is 10.1. The minimum Gasteiger partial charge on any atom is -0.481 e. The van der Waals surface area contributed by atoms with Crippen molar-refractivity contribution in [2.45, 2.75) is 32.2 Å². The number of carboxylic acids is 1. The number of ether oxygens (including phenoxy) is 1. The quantitative estimate of drug-likeness (QED) is 0.458. The predicted molar refractivity (Wildman–Crippen MR) is 63.0 cm³/mol. The molecule has 0 aliphatic carbocycles. The molecule has 0 aliphatic rings. The van der Waals surface area contributed by atoms with Gasteiger partial charge in [0.25, 0.3) is 0 Å². The molecule has 0 radical (unpaired) electrons. The molecule has 0 bridgehead atoms. The predicted octanol–water partition coefficient (Wildman–Crippen LogP) is 0.0243. The van der Waals surface area contributed by atoms with Crippen LogP contribution in [0.25, 0.3) is 0 Å². The van der Waals surface area contributed by atoms with Gasteiger partial charge in [-0.3, -0.25) is 4.79 Å². The summed E-state index contributed by atoms with van der Waals surface area (Å²) in [4.78, 5) is 31.8. The highest BCUT2D eigenvalue weighted by Gasteiger charge is 2.07. The van der Waals surface area contributed by atoms with E-state index in [1.54, 1.807) is 6.92 Å². The van der Waals surface area contributed by atoms with Crippen molar-refractivity contribution in [1.29, 1.82) is 0 Å². The van der Waals surface area contributed by atoms with E-state index < -0.39 is 18.1 Å². The Hall–Kier alpha value is -1.99. The number of nitrogens with two attached hydrogens (primary N) is 1. The molecule has 104 valence electrons. The zero-order valence-corrected chi connectivity index (χ0v) is 10.3. The van der Waals surface area contributed by atoms with Gasteiger partial charge in [0.05, 0.1) is 6.54 Å². The molecule has 5 N–H and O–H groups in total. The minimum atomic E-state index is -0.890. The summed E-state index contributed by atoms with van der Waals surface area (Å²) in [6.07, 6.45) is 0.276. The van der Waals surface area contributed by atoms with Gasteiger partial charge < -0.3 is 26.2 Å². The molecule has 18 heavy (non-hydrogen) atoms. The average molecular weight is 261 g/mol. The molecule has 0 fully saturated rings. The molecular weight excluding hydrogens is 242 g/mol. The molecular formula is C10H19N3O5. The Balaban J connectivity index is 3.54. The van der Waals surface area contributed by atoms with Gasteiger partial charge in [0.15, 0.2) is 0 Å². The summed E-state index contributed by atoms with van der Waals surface area (Å²) in [7, 11) is 0. The largest absolute Gasteiger partial charge is 0.481 e. The van der Waals surface area contributed by atoms with Gasteiger partial charge in [0.1, 0.15) is 6.61 Å². The summed E-state index contributed by atoms with van der Waals surface area (Å²) in [5, 5.41) is 13.5. The van der Waals surface area contributed by atoms with Crippen LogP contribution >= 0.6 is 0 Å². The summed E-state index contributed by atoms with van der Waals surface area (Å²) in [5.41, 5.74) is 4.73. The maximum Gasteiger partial charge on any atom is 0.404 e. The average Bonchev–Trinajstić information content (AvgIpc) is 2.23. The fourth-order valence-electron chi connectivity index (χ4n) is 1.22. The third-order valence-corrected chi connectivity index (χ3v) is 2.04. The van der Waals surface area contributed by atoms with Crippen LogP contribution in [0.2, 0.25) is 0 Å². The minimum absolute atomic E-state index is 0.0101. The third-order valence-electron chi connectivity index (χ3n) is 2.04. The van der Waals surface area contributed by atoms with Crippen LogP contribution in [-0.2, 0) is 9.53 Å². The highest BCUT2D eigenvalue weighted by atomic mass is 16.5. The van der Waals surface area contributed by atoms with E-state index in [-0.39, 0.29) is 25.6 Å². The number of urea groups is 1. The SMILES string of the molecule is CC(CCCC(=O)O)NC(=O)NCCOC(N)=O. The van der Waals surface area contributed by atoms with Crippen molar-refractivity contribution in [3.05, 3.63) is 0 Å². The molecule has 1 unspecified atom stereocenters. The molecule has 8 heteroatoms. The summed E-state index contributed by atoms with van der Waals surface area (Å²) < 4.78 is 4.42. The fraction of sp³-hybridized carbons (Fsp3) is 0.700. The first kappa shape index (κ1) is 16.0. The number of carbonyl (C=O) groups excluding carboxylic acids is 2. The van der Waals surface area contributed by atoms with Gasteiger partial charge in [0.2, 0.25) is 0 Å². The van der Waals surface area contributed by atoms with Gasteiger partial charge in [0, 0.05) is 12.5 Å². The Morgan fingerprint density at radius 1 is 1.39 bits per heavy atom. The maximum absolute atomic E-state index is 11.3. The van der Waals surface area contributed by atoms with Crippen molar-refractivity contribution in [3.8, 4) is 0 Å². The van der Waals surface area contributed by atoms with Crippen molar-refractivity contribution < 1.29 is 24.2 Å². The van der Waals surface area contributed by atoms with E-state index in [1.807, 2.05) is 0 Å². The van der Waals surface area contributed by atoms with Gasteiger partial charge in [-0.15, -0.1) is 0 Å². The number of hydrogen-bond acceptors (Lipinski definition) is 4. The van der Waals surface area contributed by atoms with E-state index in [0.717, 1.165) is 0 Å². The van der Waals surface area contributed by atoms with Crippen molar-refractivity contribution in [3.63, 3.8) is 0 Å². The van der Waals surface area contributed by atoms with Crippen LogP contribution in [0, 0.1) is 0 Å². The van der Waals surface area contributed by atoms with Crippen molar-refractivity contribution >= 4 is 18.1 Å². The zero-order chi connectivity index (χ0) is 14.0. The molecule has 0 aliphatic heterocycles. The number of hydrogen-bond donors (Lipinski definition) is 4. The van der Waals surface area contributed by atoms with Crippen LogP contribution in [0.15, 0.2) is 0 Å². The van der Waals surface area contributed by atoms with Crippen LogP contribution in [0.4, 0.5) is 9.59 Å². The second kappa shape index (κ2) is 9.08. The Bertz CT molecular complexity index is 295. The Morgan fingerprint density at radius 3 is 2.61 bits per heavy atom. The second-order valence-corrected chi connectivity index (χ2v) is 3.75. The summed E-state index contributed by atoms with van der Waals surface area (Å²) >= 11 is 0. The zero-order valence-electron chi connectivity index (χ0n) is 10.3. The van der Waals surface area contributed by atoms with E-state index in [1.165, 1.54) is 0 Å². The number of nitrogens with one attached hydrogen (secondary N) is 2. The number of rotatable bonds is 8. The third kappa shape index (κ3) is 10.5. The van der Waals surface area contributed by atoms with Crippen LogP contribution < -0.4 is 16.4 Å². The maximum atomic E-state index is 11.3. The molecule has 1 atom stereocenters. The summed E-state index contributed by atoms with van der Waals surface area (Å²) in [6.45, 7) is 1.95.